The van der Waals surface area contributed by atoms with E-state index in [1.54, 1.807) is 11.3 Å². The highest BCUT2D eigenvalue weighted by molar-refractivity contribution is 7.15. The highest BCUT2D eigenvalue weighted by Gasteiger charge is 2.18. The molecule has 0 atom stereocenters. The standard InChI is InChI=1S/C14H19N3O3S/c1-8-11(4)21-14(15-8)17(6-5-13(18)19)7-12-9(2)16-20-10(12)3/h5-7H2,1-4H3,(H,18,19). The van der Waals surface area contributed by atoms with Crippen molar-refractivity contribution in [3.63, 3.8) is 0 Å². The maximum absolute atomic E-state index is 10.9. The molecule has 0 amide bonds. The van der Waals surface area contributed by atoms with E-state index >= 15 is 0 Å². The van der Waals surface area contributed by atoms with Crippen molar-refractivity contribution in [1.82, 2.24) is 10.1 Å². The summed E-state index contributed by atoms with van der Waals surface area (Å²) in [6, 6.07) is 0. The van der Waals surface area contributed by atoms with E-state index in [2.05, 4.69) is 10.1 Å². The van der Waals surface area contributed by atoms with Gasteiger partial charge in [-0.3, -0.25) is 4.79 Å². The van der Waals surface area contributed by atoms with Gasteiger partial charge in [0.1, 0.15) is 5.76 Å². The molecule has 0 spiro atoms. The summed E-state index contributed by atoms with van der Waals surface area (Å²) in [5.41, 5.74) is 2.80. The van der Waals surface area contributed by atoms with Crippen molar-refractivity contribution >= 4 is 22.4 Å². The van der Waals surface area contributed by atoms with Gasteiger partial charge in [0.05, 0.1) is 24.4 Å². The minimum atomic E-state index is -0.816. The van der Waals surface area contributed by atoms with Crippen LogP contribution in [0.1, 0.15) is 34.0 Å². The molecular formula is C14H19N3O3S. The molecule has 0 fully saturated rings. The third-order valence-electron chi connectivity index (χ3n) is 3.41. The first-order valence-electron chi connectivity index (χ1n) is 6.71. The Morgan fingerprint density at radius 3 is 2.48 bits per heavy atom. The average Bonchev–Trinajstić information content (AvgIpc) is 2.90. The molecule has 2 rings (SSSR count). The zero-order valence-corrected chi connectivity index (χ0v) is 13.5. The first-order chi connectivity index (χ1) is 9.88. The smallest absolute Gasteiger partial charge is 0.305 e. The van der Waals surface area contributed by atoms with Gasteiger partial charge in [0.25, 0.3) is 0 Å². The molecule has 6 nitrogen and oxygen atoms in total. The van der Waals surface area contributed by atoms with Gasteiger partial charge in [-0.2, -0.15) is 0 Å². The summed E-state index contributed by atoms with van der Waals surface area (Å²) in [5, 5.41) is 13.7. The predicted octanol–water partition coefficient (Wildman–Crippen LogP) is 2.85. The maximum atomic E-state index is 10.9. The van der Waals surface area contributed by atoms with Crippen LogP contribution in [-0.2, 0) is 11.3 Å². The van der Waals surface area contributed by atoms with Gasteiger partial charge >= 0.3 is 5.97 Å². The SMILES string of the molecule is Cc1nc(N(CCC(=O)O)Cc2c(C)noc2C)sc1C. The van der Waals surface area contributed by atoms with Crippen molar-refractivity contribution in [3.8, 4) is 0 Å². The second kappa shape index (κ2) is 6.26. The monoisotopic (exact) mass is 309 g/mol. The van der Waals surface area contributed by atoms with E-state index in [-0.39, 0.29) is 6.42 Å². The first kappa shape index (κ1) is 15.5. The lowest BCUT2D eigenvalue weighted by atomic mass is 10.2. The summed E-state index contributed by atoms with van der Waals surface area (Å²) in [4.78, 5) is 18.5. The maximum Gasteiger partial charge on any atom is 0.305 e. The predicted molar refractivity (Wildman–Crippen MR) is 80.9 cm³/mol. The number of carboxylic acid groups (broad SMARTS) is 1. The number of hydrogen-bond donors (Lipinski definition) is 1. The van der Waals surface area contributed by atoms with Gasteiger partial charge < -0.3 is 14.5 Å². The van der Waals surface area contributed by atoms with Crippen LogP contribution in [0.2, 0.25) is 0 Å². The number of anilines is 1. The van der Waals surface area contributed by atoms with Crippen molar-refractivity contribution < 1.29 is 14.4 Å². The Balaban J connectivity index is 2.25. The van der Waals surface area contributed by atoms with Crippen LogP contribution in [0, 0.1) is 27.7 Å². The molecular weight excluding hydrogens is 290 g/mol. The van der Waals surface area contributed by atoms with Crippen LogP contribution in [-0.4, -0.2) is 27.8 Å². The number of thiazole rings is 1. The second-order valence-corrected chi connectivity index (χ2v) is 6.19. The largest absolute Gasteiger partial charge is 0.481 e. The lowest BCUT2D eigenvalue weighted by Gasteiger charge is -2.20. The van der Waals surface area contributed by atoms with E-state index in [9.17, 15) is 4.79 Å². The summed E-state index contributed by atoms with van der Waals surface area (Å²) < 4.78 is 5.18. The zero-order valence-electron chi connectivity index (χ0n) is 12.6. The molecule has 0 aliphatic rings. The van der Waals surface area contributed by atoms with Gasteiger partial charge in [-0.15, -0.1) is 11.3 Å². The fourth-order valence-electron chi connectivity index (χ4n) is 1.98. The molecule has 7 heteroatoms. The molecule has 0 aliphatic heterocycles. The Labute approximate surface area is 127 Å². The minimum Gasteiger partial charge on any atom is -0.481 e. The Bertz CT molecular complexity index is 609. The van der Waals surface area contributed by atoms with Crippen molar-refractivity contribution in [2.24, 2.45) is 0 Å². The van der Waals surface area contributed by atoms with Crippen molar-refractivity contribution in [3.05, 3.63) is 27.6 Å². The molecule has 2 aromatic rings. The summed E-state index contributed by atoms with van der Waals surface area (Å²) >= 11 is 1.58. The molecule has 114 valence electrons. The zero-order chi connectivity index (χ0) is 15.6. The van der Waals surface area contributed by atoms with E-state index in [0.717, 1.165) is 32.7 Å². The van der Waals surface area contributed by atoms with E-state index in [1.165, 1.54) is 0 Å². The first-order valence-corrected chi connectivity index (χ1v) is 7.52. The highest BCUT2D eigenvalue weighted by atomic mass is 32.1. The van der Waals surface area contributed by atoms with Crippen molar-refractivity contribution in [2.75, 3.05) is 11.4 Å². The van der Waals surface area contributed by atoms with E-state index in [1.807, 2.05) is 32.6 Å². The molecule has 0 bridgehead atoms. The lowest BCUT2D eigenvalue weighted by Crippen LogP contribution is -2.26. The number of nitrogens with zero attached hydrogens (tertiary/aromatic N) is 3. The molecule has 0 unspecified atom stereocenters. The van der Waals surface area contributed by atoms with Gasteiger partial charge in [-0.05, 0) is 27.7 Å². The van der Waals surface area contributed by atoms with E-state index in [4.69, 9.17) is 9.63 Å². The second-order valence-electron chi connectivity index (χ2n) is 5.01. The number of hydrogen-bond acceptors (Lipinski definition) is 6. The number of rotatable bonds is 6. The van der Waals surface area contributed by atoms with Crippen LogP contribution in [0.25, 0.3) is 0 Å². The third-order valence-corrected chi connectivity index (χ3v) is 4.55. The summed E-state index contributed by atoms with van der Waals surface area (Å²) in [6.45, 7) is 8.69. The molecule has 21 heavy (non-hydrogen) atoms. The van der Waals surface area contributed by atoms with E-state index < -0.39 is 5.97 Å². The summed E-state index contributed by atoms with van der Waals surface area (Å²) in [6.07, 6.45) is 0.0705. The highest BCUT2D eigenvalue weighted by Crippen LogP contribution is 2.27. The molecule has 2 aromatic heterocycles. The van der Waals surface area contributed by atoms with Crippen molar-refractivity contribution in [1.29, 1.82) is 0 Å². The third kappa shape index (κ3) is 3.60. The quantitative estimate of drug-likeness (QED) is 0.884. The molecule has 0 radical (unpaired) electrons. The Hall–Kier alpha value is -1.89. The lowest BCUT2D eigenvalue weighted by molar-refractivity contribution is -0.136. The molecule has 0 saturated carbocycles. The van der Waals surface area contributed by atoms with Crippen LogP contribution < -0.4 is 4.90 Å². The van der Waals surface area contributed by atoms with Gasteiger partial charge in [0.2, 0.25) is 0 Å². The summed E-state index contributed by atoms with van der Waals surface area (Å²) in [5.74, 6) is -0.0541. The molecule has 0 aromatic carbocycles. The molecule has 1 N–H and O–H groups in total. The van der Waals surface area contributed by atoms with Crippen LogP contribution in [0.5, 0.6) is 0 Å². The van der Waals surface area contributed by atoms with Crippen LogP contribution in [0.4, 0.5) is 5.13 Å². The number of carboxylic acids is 1. The number of aliphatic carboxylic acids is 1. The fraction of sp³-hybridized carbons (Fsp3) is 0.500. The minimum absolute atomic E-state index is 0.0705. The number of aromatic nitrogens is 2. The van der Waals surface area contributed by atoms with Gasteiger partial charge in [0.15, 0.2) is 5.13 Å². The molecule has 0 saturated heterocycles. The molecule has 0 aliphatic carbocycles. The van der Waals surface area contributed by atoms with Crippen LogP contribution >= 0.6 is 11.3 Å². The number of carbonyl (C=O) groups is 1. The normalized spacial score (nSPS) is 10.9. The molecule has 2 heterocycles. The Morgan fingerprint density at radius 1 is 1.29 bits per heavy atom. The van der Waals surface area contributed by atoms with Gasteiger partial charge in [-0.25, -0.2) is 4.98 Å². The van der Waals surface area contributed by atoms with E-state index in [0.29, 0.717) is 13.1 Å². The fourth-order valence-corrected chi connectivity index (χ4v) is 2.92. The topological polar surface area (TPSA) is 79.5 Å². The van der Waals surface area contributed by atoms with Crippen molar-refractivity contribution in [2.45, 2.75) is 40.7 Å². The van der Waals surface area contributed by atoms with Crippen LogP contribution in [0.3, 0.4) is 0 Å². The van der Waals surface area contributed by atoms with Gasteiger partial charge in [0, 0.05) is 17.0 Å². The number of aryl methyl sites for hydroxylation is 4. The van der Waals surface area contributed by atoms with Gasteiger partial charge in [-0.1, -0.05) is 5.16 Å². The Morgan fingerprint density at radius 2 is 2.00 bits per heavy atom. The Kier molecular flexibility index (Phi) is 4.62. The average molecular weight is 309 g/mol. The summed E-state index contributed by atoms with van der Waals surface area (Å²) in [7, 11) is 0. The van der Waals surface area contributed by atoms with Crippen LogP contribution in [0.15, 0.2) is 4.52 Å².